The van der Waals surface area contributed by atoms with E-state index >= 15 is 0 Å². The first-order valence-corrected chi connectivity index (χ1v) is 8.03. The third kappa shape index (κ3) is 2.78. The summed E-state index contributed by atoms with van der Waals surface area (Å²) in [6, 6.07) is 3.20. The van der Waals surface area contributed by atoms with Crippen molar-refractivity contribution in [3.05, 3.63) is 29.2 Å². The topological polar surface area (TPSA) is 157 Å². The molecule has 0 unspecified atom stereocenters. The van der Waals surface area contributed by atoms with Gasteiger partial charge in [-0.3, -0.25) is 9.11 Å². The number of benzene rings is 2. The van der Waals surface area contributed by atoms with Crippen LogP contribution in [0.2, 0.25) is 0 Å². The van der Waals surface area contributed by atoms with Crippen LogP contribution in [-0.4, -0.2) is 31.0 Å². The number of phenols is 1. The van der Waals surface area contributed by atoms with Gasteiger partial charge in [-0.05, 0) is 17.5 Å². The summed E-state index contributed by atoms with van der Waals surface area (Å²) < 4.78 is 62.3. The van der Waals surface area contributed by atoms with Crippen LogP contribution in [0.1, 0.15) is 0 Å². The Morgan fingerprint density at radius 1 is 0.905 bits per heavy atom. The summed E-state index contributed by atoms with van der Waals surface area (Å²) in [5.74, 6) is -0.658. The van der Waals surface area contributed by atoms with Crippen molar-refractivity contribution in [1.82, 2.24) is 0 Å². The lowest BCUT2D eigenvalue weighted by Crippen LogP contribution is -2.00. The lowest BCUT2D eigenvalue weighted by molar-refractivity contribution is 0.471. The second-order valence-electron chi connectivity index (χ2n) is 4.03. The van der Waals surface area contributed by atoms with Crippen molar-refractivity contribution in [3.8, 4) is 5.75 Å². The SMILES string of the molecule is N#[N+]c1cc(S(=O)(=O)O)cc2cc(S(=O)(=O)O)cc(O)c12. The summed E-state index contributed by atoms with van der Waals surface area (Å²) in [7, 11) is -9.30. The molecule has 0 spiro atoms. The molecular formula is C10H7N2O7S2+. The van der Waals surface area contributed by atoms with E-state index in [1.54, 1.807) is 0 Å². The van der Waals surface area contributed by atoms with Crippen LogP contribution in [0.15, 0.2) is 34.1 Å². The van der Waals surface area contributed by atoms with Crippen LogP contribution >= 0.6 is 0 Å². The molecule has 0 bridgehead atoms. The molecule has 0 aliphatic carbocycles. The van der Waals surface area contributed by atoms with Gasteiger partial charge in [0.1, 0.15) is 16.0 Å². The fourth-order valence-corrected chi connectivity index (χ4v) is 2.87. The first-order valence-electron chi connectivity index (χ1n) is 5.15. The molecule has 0 atom stereocenters. The molecule has 0 fully saturated rings. The van der Waals surface area contributed by atoms with E-state index in [1.807, 2.05) is 0 Å². The first kappa shape index (κ1) is 15.1. The Hall–Kier alpha value is -2.26. The lowest BCUT2D eigenvalue weighted by atomic mass is 10.1. The molecule has 0 aliphatic heterocycles. The highest BCUT2D eigenvalue weighted by Crippen LogP contribution is 2.37. The summed E-state index contributed by atoms with van der Waals surface area (Å²) in [5.41, 5.74) is -0.403. The fraction of sp³-hybridized carbons (Fsp3) is 0. The van der Waals surface area contributed by atoms with Gasteiger partial charge in [0, 0.05) is 6.07 Å². The molecule has 2 aromatic rings. The molecular weight excluding hydrogens is 324 g/mol. The number of aromatic hydroxyl groups is 1. The Kier molecular flexibility index (Phi) is 3.34. The van der Waals surface area contributed by atoms with Gasteiger partial charge < -0.3 is 5.11 Å². The molecule has 110 valence electrons. The summed E-state index contributed by atoms with van der Waals surface area (Å²) in [5, 5.41) is 18.3. The number of fused-ring (bicyclic) bond motifs is 1. The minimum Gasteiger partial charge on any atom is -0.507 e. The monoisotopic (exact) mass is 331 g/mol. The van der Waals surface area contributed by atoms with E-state index in [1.165, 1.54) is 0 Å². The molecule has 0 aliphatic rings. The van der Waals surface area contributed by atoms with Crippen molar-refractivity contribution in [1.29, 1.82) is 5.39 Å². The minimum absolute atomic E-state index is 0.155. The Labute approximate surface area is 118 Å². The summed E-state index contributed by atoms with van der Waals surface area (Å²) in [4.78, 5) is 1.42. The molecule has 21 heavy (non-hydrogen) atoms. The zero-order valence-electron chi connectivity index (χ0n) is 9.99. The number of hydrogen-bond donors (Lipinski definition) is 3. The third-order valence-electron chi connectivity index (χ3n) is 2.66. The van der Waals surface area contributed by atoms with E-state index in [-0.39, 0.29) is 10.8 Å². The average molecular weight is 331 g/mol. The Bertz CT molecular complexity index is 999. The molecule has 0 saturated heterocycles. The van der Waals surface area contributed by atoms with E-state index in [9.17, 15) is 21.9 Å². The summed E-state index contributed by atoms with van der Waals surface area (Å²) >= 11 is 0. The van der Waals surface area contributed by atoms with Crippen LogP contribution in [0, 0.1) is 5.39 Å². The first-order chi connectivity index (χ1) is 9.54. The van der Waals surface area contributed by atoms with Crippen molar-refractivity contribution >= 4 is 36.7 Å². The molecule has 0 saturated carbocycles. The molecule has 0 aromatic heterocycles. The largest absolute Gasteiger partial charge is 0.507 e. The van der Waals surface area contributed by atoms with E-state index in [0.29, 0.717) is 6.07 Å². The van der Waals surface area contributed by atoms with Gasteiger partial charge in [-0.1, -0.05) is 0 Å². The standard InChI is InChI=1S/C10H6N2O7S2/c11-12-8-3-6(20(14,15)16)1-5-2-7(21(17,18)19)4-9(13)10(5)8/h1-4H,(H2-,13,14,15,16,17,18,19)/p+1. The number of hydrogen-bond acceptors (Lipinski definition) is 6. The van der Waals surface area contributed by atoms with Gasteiger partial charge in [0.2, 0.25) is 5.39 Å². The molecule has 2 rings (SSSR count). The molecule has 2 aromatic carbocycles. The normalized spacial score (nSPS) is 12.2. The van der Waals surface area contributed by atoms with Crippen molar-refractivity contribution in [3.63, 3.8) is 0 Å². The Morgan fingerprint density at radius 2 is 1.38 bits per heavy atom. The average Bonchev–Trinajstić information content (AvgIpc) is 2.34. The zero-order chi connectivity index (χ0) is 16.0. The molecule has 11 heteroatoms. The maximum absolute atomic E-state index is 11.1. The molecule has 0 heterocycles. The predicted octanol–water partition coefficient (Wildman–Crippen LogP) is 1.52. The quantitative estimate of drug-likeness (QED) is 0.552. The van der Waals surface area contributed by atoms with E-state index in [0.717, 1.165) is 18.2 Å². The van der Waals surface area contributed by atoms with Crippen LogP contribution in [-0.2, 0) is 20.2 Å². The predicted molar refractivity (Wildman–Crippen MR) is 70.0 cm³/mol. The van der Waals surface area contributed by atoms with Crippen molar-refractivity contribution in [2.75, 3.05) is 0 Å². The molecule has 0 radical (unpaired) electrons. The second kappa shape index (κ2) is 4.64. The van der Waals surface area contributed by atoms with Gasteiger partial charge in [0.15, 0.2) is 4.98 Å². The minimum atomic E-state index is -4.65. The number of rotatable bonds is 2. The summed E-state index contributed by atoms with van der Waals surface area (Å²) in [6.07, 6.45) is 0. The van der Waals surface area contributed by atoms with Crippen LogP contribution < -0.4 is 0 Å². The highest BCUT2D eigenvalue weighted by molar-refractivity contribution is 7.86. The van der Waals surface area contributed by atoms with Gasteiger partial charge in [0.25, 0.3) is 20.2 Å². The highest BCUT2D eigenvalue weighted by atomic mass is 32.2. The van der Waals surface area contributed by atoms with E-state index < -0.39 is 41.5 Å². The van der Waals surface area contributed by atoms with Gasteiger partial charge in [-0.25, -0.2) is 0 Å². The number of diazo groups is 1. The fourth-order valence-electron chi connectivity index (χ4n) is 1.79. The third-order valence-corrected chi connectivity index (χ3v) is 4.32. The van der Waals surface area contributed by atoms with E-state index in [4.69, 9.17) is 14.5 Å². The molecule has 3 N–H and O–H groups in total. The van der Waals surface area contributed by atoms with Gasteiger partial charge in [0.05, 0.1) is 11.0 Å². The molecule has 0 amide bonds. The van der Waals surface area contributed by atoms with Gasteiger partial charge in [-0.2, -0.15) is 16.8 Å². The van der Waals surface area contributed by atoms with Crippen molar-refractivity contribution in [2.45, 2.75) is 9.79 Å². The van der Waals surface area contributed by atoms with Crippen LogP contribution in [0.25, 0.3) is 15.7 Å². The van der Waals surface area contributed by atoms with Crippen LogP contribution in [0.3, 0.4) is 0 Å². The maximum atomic E-state index is 11.1. The van der Waals surface area contributed by atoms with Crippen molar-refractivity contribution in [2.24, 2.45) is 0 Å². The zero-order valence-corrected chi connectivity index (χ0v) is 11.6. The van der Waals surface area contributed by atoms with Crippen LogP contribution in [0.5, 0.6) is 5.75 Å². The lowest BCUT2D eigenvalue weighted by Gasteiger charge is -2.04. The van der Waals surface area contributed by atoms with Crippen molar-refractivity contribution < 1.29 is 31.0 Å². The van der Waals surface area contributed by atoms with Crippen LogP contribution in [0.4, 0.5) is 5.69 Å². The Balaban J connectivity index is 3.02. The smallest absolute Gasteiger partial charge is 0.397 e. The number of nitrogens with zero attached hydrogens (tertiary/aromatic N) is 2. The van der Waals surface area contributed by atoms with E-state index in [2.05, 4.69) is 4.98 Å². The number of phenolic OH excluding ortho intramolecular Hbond substituents is 1. The highest BCUT2D eigenvalue weighted by Gasteiger charge is 2.24. The Morgan fingerprint density at radius 3 is 1.81 bits per heavy atom. The van der Waals surface area contributed by atoms with Gasteiger partial charge >= 0.3 is 5.69 Å². The second-order valence-corrected chi connectivity index (χ2v) is 6.88. The molecule has 9 nitrogen and oxygen atoms in total. The van der Waals surface area contributed by atoms with Gasteiger partial charge in [-0.15, -0.1) is 0 Å². The summed E-state index contributed by atoms with van der Waals surface area (Å²) in [6.45, 7) is 0. The maximum Gasteiger partial charge on any atom is 0.397 e.